The Morgan fingerprint density at radius 1 is 1.47 bits per heavy atom. The van der Waals surface area contributed by atoms with E-state index in [9.17, 15) is 4.79 Å². The second-order valence-corrected chi connectivity index (χ2v) is 4.71. The van der Waals surface area contributed by atoms with E-state index in [0.717, 1.165) is 23.7 Å². The quantitative estimate of drug-likeness (QED) is 0.871. The molecule has 92 valence electrons. The summed E-state index contributed by atoms with van der Waals surface area (Å²) in [5.41, 5.74) is 1.90. The van der Waals surface area contributed by atoms with Gasteiger partial charge < -0.3 is 15.0 Å². The zero-order chi connectivity index (χ0) is 12.4. The Kier molecular flexibility index (Phi) is 3.22. The Morgan fingerprint density at radius 3 is 2.88 bits per heavy atom. The molecule has 0 aliphatic carbocycles. The number of carbonyl (C=O) groups is 1. The van der Waals surface area contributed by atoms with Gasteiger partial charge in [0.05, 0.1) is 25.0 Å². The smallest absolute Gasteiger partial charge is 0.243 e. The van der Waals surface area contributed by atoms with Crippen LogP contribution in [0.5, 0.6) is 5.75 Å². The molecule has 4 nitrogen and oxygen atoms in total. The van der Waals surface area contributed by atoms with Gasteiger partial charge in [0.15, 0.2) is 0 Å². The van der Waals surface area contributed by atoms with Gasteiger partial charge >= 0.3 is 0 Å². The molecule has 0 aromatic heterocycles. The third-order valence-corrected chi connectivity index (χ3v) is 2.74. The molecule has 1 aliphatic heterocycles. The molecule has 1 aromatic rings. The Hall–Kier alpha value is -1.71. The van der Waals surface area contributed by atoms with Crippen molar-refractivity contribution in [2.75, 3.05) is 30.4 Å². The molecule has 1 aliphatic rings. The van der Waals surface area contributed by atoms with E-state index >= 15 is 0 Å². The summed E-state index contributed by atoms with van der Waals surface area (Å²) < 4.78 is 5.16. The van der Waals surface area contributed by atoms with Crippen LogP contribution < -0.4 is 15.0 Å². The predicted molar refractivity (Wildman–Crippen MR) is 68.7 cm³/mol. The fourth-order valence-electron chi connectivity index (χ4n) is 2.07. The summed E-state index contributed by atoms with van der Waals surface area (Å²) in [5, 5.41) is 2.88. The number of nitrogens with zero attached hydrogens (tertiary/aromatic N) is 1. The van der Waals surface area contributed by atoms with Gasteiger partial charge in [0.1, 0.15) is 5.75 Å². The molecule has 0 atom stereocenters. The van der Waals surface area contributed by atoms with Crippen LogP contribution >= 0.6 is 0 Å². The van der Waals surface area contributed by atoms with Crippen molar-refractivity contribution in [3.8, 4) is 5.75 Å². The molecule has 0 fully saturated rings. The van der Waals surface area contributed by atoms with Gasteiger partial charge in [-0.2, -0.15) is 0 Å². The first-order valence-corrected chi connectivity index (χ1v) is 5.83. The van der Waals surface area contributed by atoms with Gasteiger partial charge in [0.2, 0.25) is 5.91 Å². The lowest BCUT2D eigenvalue weighted by Gasteiger charge is -2.32. The molecule has 1 N–H and O–H groups in total. The lowest BCUT2D eigenvalue weighted by atomic mass is 10.1. The van der Waals surface area contributed by atoms with E-state index in [1.165, 1.54) is 0 Å². The zero-order valence-electron chi connectivity index (χ0n) is 10.5. The molecule has 0 saturated carbocycles. The number of hydrogen-bond donors (Lipinski definition) is 1. The standard InChI is InChI=1S/C13H18N2O2/c1-9(2)7-15-8-13(16)14-11-6-10(17-3)4-5-12(11)15/h4-6,9H,7-8H2,1-3H3,(H,14,16). The normalized spacial score (nSPS) is 14.6. The second kappa shape index (κ2) is 4.65. The van der Waals surface area contributed by atoms with E-state index < -0.39 is 0 Å². The number of methoxy groups -OCH3 is 1. The van der Waals surface area contributed by atoms with Crippen molar-refractivity contribution in [1.82, 2.24) is 0 Å². The van der Waals surface area contributed by atoms with Crippen molar-refractivity contribution in [2.24, 2.45) is 5.92 Å². The minimum atomic E-state index is 0.0337. The molecule has 4 heteroatoms. The average molecular weight is 234 g/mol. The van der Waals surface area contributed by atoms with Crippen LogP contribution in [0.2, 0.25) is 0 Å². The fraction of sp³-hybridized carbons (Fsp3) is 0.462. The zero-order valence-corrected chi connectivity index (χ0v) is 10.5. The van der Waals surface area contributed by atoms with Crippen molar-refractivity contribution >= 4 is 17.3 Å². The maximum atomic E-state index is 11.6. The molecule has 0 bridgehead atoms. The summed E-state index contributed by atoms with van der Waals surface area (Å²) in [6, 6.07) is 5.78. The lowest BCUT2D eigenvalue weighted by Crippen LogP contribution is -2.40. The second-order valence-electron chi connectivity index (χ2n) is 4.71. The average Bonchev–Trinajstić information content (AvgIpc) is 2.27. The molecule has 0 spiro atoms. The van der Waals surface area contributed by atoms with Gasteiger partial charge in [-0.1, -0.05) is 13.8 Å². The number of fused-ring (bicyclic) bond motifs is 1. The first kappa shape index (κ1) is 11.8. The molecule has 0 unspecified atom stereocenters. The highest BCUT2D eigenvalue weighted by atomic mass is 16.5. The third kappa shape index (κ3) is 2.52. The van der Waals surface area contributed by atoms with E-state index in [2.05, 4.69) is 24.1 Å². The Bertz CT molecular complexity index is 429. The maximum Gasteiger partial charge on any atom is 0.243 e. The maximum absolute atomic E-state index is 11.6. The van der Waals surface area contributed by atoms with Gasteiger partial charge in [0, 0.05) is 12.6 Å². The number of amides is 1. The van der Waals surface area contributed by atoms with E-state index in [1.54, 1.807) is 7.11 Å². The monoisotopic (exact) mass is 234 g/mol. The minimum Gasteiger partial charge on any atom is -0.497 e. The van der Waals surface area contributed by atoms with Crippen molar-refractivity contribution in [3.63, 3.8) is 0 Å². The van der Waals surface area contributed by atoms with Crippen LogP contribution in [0.25, 0.3) is 0 Å². The molecule has 17 heavy (non-hydrogen) atoms. The van der Waals surface area contributed by atoms with Crippen LogP contribution in [-0.4, -0.2) is 26.1 Å². The van der Waals surface area contributed by atoms with Gasteiger partial charge in [0.25, 0.3) is 0 Å². The number of carbonyl (C=O) groups excluding carboxylic acids is 1. The molecule has 2 rings (SSSR count). The number of rotatable bonds is 3. The lowest BCUT2D eigenvalue weighted by molar-refractivity contribution is -0.115. The Balaban J connectivity index is 2.33. The van der Waals surface area contributed by atoms with Crippen LogP contribution in [0.15, 0.2) is 18.2 Å². The highest BCUT2D eigenvalue weighted by molar-refractivity contribution is 6.01. The molecular formula is C13H18N2O2. The van der Waals surface area contributed by atoms with E-state index in [-0.39, 0.29) is 5.91 Å². The summed E-state index contributed by atoms with van der Waals surface area (Å²) in [7, 11) is 1.62. The van der Waals surface area contributed by atoms with Crippen molar-refractivity contribution in [1.29, 1.82) is 0 Å². The number of hydrogen-bond acceptors (Lipinski definition) is 3. The minimum absolute atomic E-state index is 0.0337. The number of benzene rings is 1. The van der Waals surface area contributed by atoms with Crippen LogP contribution in [0.1, 0.15) is 13.8 Å². The van der Waals surface area contributed by atoms with Crippen molar-refractivity contribution < 1.29 is 9.53 Å². The van der Waals surface area contributed by atoms with E-state index in [4.69, 9.17) is 4.74 Å². The summed E-state index contributed by atoms with van der Waals surface area (Å²) in [4.78, 5) is 13.7. The van der Waals surface area contributed by atoms with Crippen molar-refractivity contribution in [2.45, 2.75) is 13.8 Å². The van der Waals surface area contributed by atoms with Crippen LogP contribution in [0.4, 0.5) is 11.4 Å². The number of anilines is 2. The van der Waals surface area contributed by atoms with Gasteiger partial charge in [-0.25, -0.2) is 0 Å². The summed E-state index contributed by atoms with van der Waals surface area (Å²) in [6.07, 6.45) is 0. The van der Waals surface area contributed by atoms with Crippen LogP contribution in [0, 0.1) is 5.92 Å². The topological polar surface area (TPSA) is 41.6 Å². The molecule has 0 saturated heterocycles. The highest BCUT2D eigenvalue weighted by Crippen LogP contribution is 2.33. The number of nitrogens with one attached hydrogen (secondary N) is 1. The molecule has 1 heterocycles. The summed E-state index contributed by atoms with van der Waals surface area (Å²) in [6.45, 7) is 5.61. The Labute approximate surface area is 102 Å². The summed E-state index contributed by atoms with van der Waals surface area (Å²) in [5.74, 6) is 1.32. The summed E-state index contributed by atoms with van der Waals surface area (Å²) >= 11 is 0. The van der Waals surface area contributed by atoms with Gasteiger partial charge in [-0.3, -0.25) is 4.79 Å². The first-order valence-electron chi connectivity index (χ1n) is 5.83. The van der Waals surface area contributed by atoms with Gasteiger partial charge in [-0.15, -0.1) is 0 Å². The SMILES string of the molecule is COc1ccc2c(c1)NC(=O)CN2CC(C)C. The largest absolute Gasteiger partial charge is 0.497 e. The van der Waals surface area contributed by atoms with E-state index in [0.29, 0.717) is 12.5 Å². The Morgan fingerprint density at radius 2 is 2.24 bits per heavy atom. The first-order chi connectivity index (χ1) is 8.10. The van der Waals surface area contributed by atoms with Crippen molar-refractivity contribution in [3.05, 3.63) is 18.2 Å². The molecule has 1 aromatic carbocycles. The van der Waals surface area contributed by atoms with Gasteiger partial charge in [-0.05, 0) is 18.1 Å². The molecule has 0 radical (unpaired) electrons. The molecule has 1 amide bonds. The third-order valence-electron chi connectivity index (χ3n) is 2.74. The highest BCUT2D eigenvalue weighted by Gasteiger charge is 2.22. The predicted octanol–water partition coefficient (Wildman–Crippen LogP) is 2.11. The van der Waals surface area contributed by atoms with Crippen LogP contribution in [0.3, 0.4) is 0 Å². The van der Waals surface area contributed by atoms with Crippen LogP contribution in [-0.2, 0) is 4.79 Å². The fourth-order valence-corrected chi connectivity index (χ4v) is 2.07. The van der Waals surface area contributed by atoms with E-state index in [1.807, 2.05) is 18.2 Å². The molecular weight excluding hydrogens is 216 g/mol. The number of ether oxygens (including phenoxy) is 1.